The van der Waals surface area contributed by atoms with E-state index in [0.717, 1.165) is 12.1 Å². The van der Waals surface area contributed by atoms with Crippen molar-refractivity contribution in [1.82, 2.24) is 5.32 Å². The lowest BCUT2D eigenvalue weighted by atomic mass is 10.1. The molecule has 2 amide bonds. The Morgan fingerprint density at radius 2 is 1.81 bits per heavy atom. The van der Waals surface area contributed by atoms with Crippen LogP contribution in [0.1, 0.15) is 30.6 Å². The van der Waals surface area contributed by atoms with Gasteiger partial charge < -0.3 is 20.7 Å². The van der Waals surface area contributed by atoms with E-state index in [1.807, 2.05) is 26.0 Å². The number of carbonyl (C=O) groups is 2. The van der Waals surface area contributed by atoms with E-state index in [2.05, 4.69) is 16.0 Å². The first-order valence-corrected chi connectivity index (χ1v) is 8.60. The molecule has 6 nitrogen and oxygen atoms in total. The number of amides is 2. The van der Waals surface area contributed by atoms with Gasteiger partial charge in [0.15, 0.2) is 0 Å². The zero-order valence-electron chi connectivity index (χ0n) is 15.3. The number of benzene rings is 2. The molecule has 3 N–H and O–H groups in total. The Balaban J connectivity index is 1.85. The van der Waals surface area contributed by atoms with Gasteiger partial charge in [0.25, 0.3) is 5.91 Å². The van der Waals surface area contributed by atoms with Crippen molar-refractivity contribution in [2.24, 2.45) is 0 Å². The molecule has 0 aliphatic rings. The summed E-state index contributed by atoms with van der Waals surface area (Å²) in [4.78, 5) is 24.1. The van der Waals surface area contributed by atoms with Crippen LogP contribution in [0.15, 0.2) is 48.5 Å². The van der Waals surface area contributed by atoms with Crippen LogP contribution in [0.3, 0.4) is 0 Å². The zero-order valence-corrected chi connectivity index (χ0v) is 15.3. The summed E-state index contributed by atoms with van der Waals surface area (Å²) in [5, 5.41) is 8.75. The number of ether oxygens (including phenoxy) is 1. The molecule has 0 radical (unpaired) electrons. The highest BCUT2D eigenvalue weighted by molar-refractivity contribution is 5.95. The highest BCUT2D eigenvalue weighted by Gasteiger charge is 2.08. The third kappa shape index (κ3) is 5.81. The first kappa shape index (κ1) is 19.3. The molecule has 0 bridgehead atoms. The molecule has 2 rings (SSSR count). The average molecular weight is 355 g/mol. The van der Waals surface area contributed by atoms with Crippen molar-refractivity contribution >= 4 is 23.2 Å². The smallest absolute Gasteiger partial charge is 0.251 e. The van der Waals surface area contributed by atoms with Gasteiger partial charge in [-0.1, -0.05) is 13.0 Å². The van der Waals surface area contributed by atoms with E-state index in [1.54, 1.807) is 43.5 Å². The lowest BCUT2D eigenvalue weighted by Gasteiger charge is -2.12. The molecule has 0 heterocycles. The van der Waals surface area contributed by atoms with Gasteiger partial charge >= 0.3 is 0 Å². The summed E-state index contributed by atoms with van der Waals surface area (Å²) in [5.74, 6) is 0.417. The molecular weight excluding hydrogens is 330 g/mol. The van der Waals surface area contributed by atoms with Gasteiger partial charge in [-0.15, -0.1) is 0 Å². The summed E-state index contributed by atoms with van der Waals surface area (Å²) >= 11 is 0. The normalized spacial score (nSPS) is 11.3. The highest BCUT2D eigenvalue weighted by Crippen LogP contribution is 2.16. The van der Waals surface area contributed by atoms with Gasteiger partial charge in [-0.25, -0.2) is 0 Å². The maximum absolute atomic E-state index is 12.0. The minimum atomic E-state index is -0.170. The molecule has 0 saturated carbocycles. The quantitative estimate of drug-likeness (QED) is 0.679. The number of hydrogen-bond acceptors (Lipinski definition) is 4. The van der Waals surface area contributed by atoms with Crippen LogP contribution in [-0.2, 0) is 4.79 Å². The van der Waals surface area contributed by atoms with E-state index in [-0.39, 0.29) is 24.4 Å². The number of nitrogens with one attached hydrogen (secondary N) is 3. The summed E-state index contributed by atoms with van der Waals surface area (Å²) in [5.41, 5.74) is 2.04. The molecule has 0 saturated heterocycles. The summed E-state index contributed by atoms with van der Waals surface area (Å²) in [6.45, 7) is 4.11. The van der Waals surface area contributed by atoms with Crippen LogP contribution in [0, 0.1) is 0 Å². The van der Waals surface area contributed by atoms with Gasteiger partial charge in [0.2, 0.25) is 5.91 Å². The van der Waals surface area contributed by atoms with Crippen molar-refractivity contribution in [3.05, 3.63) is 54.1 Å². The molecule has 6 heteroatoms. The van der Waals surface area contributed by atoms with Crippen molar-refractivity contribution in [2.75, 3.05) is 24.3 Å². The van der Waals surface area contributed by atoms with E-state index in [9.17, 15) is 9.59 Å². The molecule has 2 aromatic rings. The first-order valence-electron chi connectivity index (χ1n) is 8.60. The second-order valence-corrected chi connectivity index (χ2v) is 5.99. The minimum absolute atomic E-state index is 0.0957. The van der Waals surface area contributed by atoms with E-state index in [1.165, 1.54) is 0 Å². The van der Waals surface area contributed by atoms with Gasteiger partial charge in [0, 0.05) is 29.0 Å². The molecular formula is C20H25N3O3. The molecule has 26 heavy (non-hydrogen) atoms. The van der Waals surface area contributed by atoms with Crippen LogP contribution in [0.4, 0.5) is 11.4 Å². The van der Waals surface area contributed by atoms with Crippen LogP contribution in [0.25, 0.3) is 0 Å². The van der Waals surface area contributed by atoms with Crippen molar-refractivity contribution in [1.29, 1.82) is 0 Å². The lowest BCUT2D eigenvalue weighted by Crippen LogP contribution is -2.31. The van der Waals surface area contributed by atoms with Gasteiger partial charge in [0.1, 0.15) is 5.75 Å². The zero-order chi connectivity index (χ0) is 18.9. The number of methoxy groups -OCH3 is 1. The van der Waals surface area contributed by atoms with Crippen LogP contribution in [-0.4, -0.2) is 31.5 Å². The predicted molar refractivity (Wildman–Crippen MR) is 104 cm³/mol. The third-order valence-corrected chi connectivity index (χ3v) is 3.94. The second-order valence-electron chi connectivity index (χ2n) is 5.99. The van der Waals surface area contributed by atoms with Crippen molar-refractivity contribution in [3.8, 4) is 5.75 Å². The van der Waals surface area contributed by atoms with E-state index < -0.39 is 0 Å². The summed E-state index contributed by atoms with van der Waals surface area (Å²) in [6.07, 6.45) is 0.883. The number of rotatable bonds is 8. The van der Waals surface area contributed by atoms with E-state index >= 15 is 0 Å². The Kier molecular flexibility index (Phi) is 7.02. The summed E-state index contributed by atoms with van der Waals surface area (Å²) < 4.78 is 5.13. The third-order valence-electron chi connectivity index (χ3n) is 3.94. The van der Waals surface area contributed by atoms with Crippen LogP contribution in [0.2, 0.25) is 0 Å². The fourth-order valence-corrected chi connectivity index (χ4v) is 2.24. The molecule has 0 aliphatic heterocycles. The predicted octanol–water partition coefficient (Wildman–Crippen LogP) is 3.27. The second kappa shape index (κ2) is 9.46. The Morgan fingerprint density at radius 1 is 1.08 bits per heavy atom. The van der Waals surface area contributed by atoms with Crippen LogP contribution >= 0.6 is 0 Å². The van der Waals surface area contributed by atoms with Gasteiger partial charge in [-0.2, -0.15) is 0 Å². The van der Waals surface area contributed by atoms with Crippen molar-refractivity contribution in [3.63, 3.8) is 0 Å². The maximum Gasteiger partial charge on any atom is 0.251 e. The molecule has 2 aromatic carbocycles. The molecule has 1 unspecified atom stereocenters. The maximum atomic E-state index is 12.0. The lowest BCUT2D eigenvalue weighted by molar-refractivity contribution is -0.114. The van der Waals surface area contributed by atoms with E-state index in [4.69, 9.17) is 4.74 Å². The average Bonchev–Trinajstić information content (AvgIpc) is 2.66. The largest absolute Gasteiger partial charge is 0.497 e. The van der Waals surface area contributed by atoms with Crippen LogP contribution in [0.5, 0.6) is 5.75 Å². The Labute approximate surface area is 153 Å². The van der Waals surface area contributed by atoms with Gasteiger partial charge in [0.05, 0.1) is 13.7 Å². The molecule has 1 atom stereocenters. The summed E-state index contributed by atoms with van der Waals surface area (Å²) in [6, 6.07) is 14.3. The fourth-order valence-electron chi connectivity index (χ4n) is 2.24. The fraction of sp³-hybridized carbons (Fsp3) is 0.300. The molecule has 138 valence electrons. The van der Waals surface area contributed by atoms with Crippen LogP contribution < -0.4 is 20.7 Å². The standard InChI is InChI=1S/C20H25N3O3/c1-4-14(2)22-20(25)15-8-10-16(11-9-15)21-13-19(24)23-17-6-5-7-18(12-17)26-3/h5-12,14,21H,4,13H2,1-3H3,(H,22,25)(H,23,24). The number of anilines is 2. The number of hydrogen-bond donors (Lipinski definition) is 3. The first-order chi connectivity index (χ1) is 12.5. The Bertz CT molecular complexity index is 744. The SMILES string of the molecule is CCC(C)NC(=O)c1ccc(NCC(=O)Nc2cccc(OC)c2)cc1. The topological polar surface area (TPSA) is 79.5 Å². The van der Waals surface area contributed by atoms with Crippen molar-refractivity contribution < 1.29 is 14.3 Å². The number of carbonyl (C=O) groups excluding carboxylic acids is 2. The minimum Gasteiger partial charge on any atom is -0.497 e. The van der Waals surface area contributed by atoms with E-state index in [0.29, 0.717) is 17.0 Å². The van der Waals surface area contributed by atoms with Gasteiger partial charge in [-0.05, 0) is 49.7 Å². The Morgan fingerprint density at radius 3 is 2.46 bits per heavy atom. The molecule has 0 fully saturated rings. The van der Waals surface area contributed by atoms with Gasteiger partial charge in [-0.3, -0.25) is 9.59 Å². The Hall–Kier alpha value is -3.02. The monoisotopic (exact) mass is 355 g/mol. The molecule has 0 spiro atoms. The van der Waals surface area contributed by atoms with Crippen molar-refractivity contribution in [2.45, 2.75) is 26.3 Å². The summed E-state index contributed by atoms with van der Waals surface area (Å²) in [7, 11) is 1.58. The molecule has 0 aliphatic carbocycles. The highest BCUT2D eigenvalue weighted by atomic mass is 16.5. The molecule has 0 aromatic heterocycles.